The number of hydrogen-bond donors (Lipinski definition) is 0. The Hall–Kier alpha value is -2.47. The number of aromatic nitrogens is 3. The Labute approximate surface area is 122 Å². The molecule has 0 amide bonds. The van der Waals surface area contributed by atoms with Gasteiger partial charge in [0.1, 0.15) is 11.4 Å². The highest BCUT2D eigenvalue weighted by molar-refractivity contribution is 5.56. The quantitative estimate of drug-likeness (QED) is 0.717. The summed E-state index contributed by atoms with van der Waals surface area (Å²) in [6.45, 7) is 3.20. The van der Waals surface area contributed by atoms with Gasteiger partial charge >= 0.3 is 0 Å². The summed E-state index contributed by atoms with van der Waals surface area (Å²) in [5, 5.41) is 11.8. The molecule has 3 rings (SSSR count). The lowest BCUT2D eigenvalue weighted by molar-refractivity contribution is 0.274. The van der Waals surface area contributed by atoms with Crippen molar-refractivity contribution in [3.63, 3.8) is 0 Å². The van der Waals surface area contributed by atoms with Crippen LogP contribution in [0.3, 0.4) is 0 Å². The van der Waals surface area contributed by atoms with Gasteiger partial charge in [-0.2, -0.15) is 0 Å². The molecule has 0 aliphatic rings. The van der Waals surface area contributed by atoms with Gasteiger partial charge in [-0.05, 0) is 14.0 Å². The van der Waals surface area contributed by atoms with E-state index in [-0.39, 0.29) is 0 Å². The zero-order valence-corrected chi connectivity index (χ0v) is 12.0. The Bertz CT molecular complexity index is 705. The summed E-state index contributed by atoms with van der Waals surface area (Å²) >= 11 is 0. The molecule has 2 aromatic heterocycles. The van der Waals surface area contributed by atoms with Gasteiger partial charge in [0.25, 0.3) is 0 Å². The second-order valence-corrected chi connectivity index (χ2v) is 5.02. The Kier molecular flexibility index (Phi) is 3.79. The lowest BCUT2D eigenvalue weighted by atomic mass is 10.1. The van der Waals surface area contributed by atoms with Crippen molar-refractivity contribution in [2.45, 2.75) is 20.0 Å². The van der Waals surface area contributed by atoms with E-state index < -0.39 is 0 Å². The van der Waals surface area contributed by atoms with Gasteiger partial charge < -0.3 is 4.52 Å². The van der Waals surface area contributed by atoms with Crippen LogP contribution in [0.15, 0.2) is 45.6 Å². The first kappa shape index (κ1) is 13.5. The summed E-state index contributed by atoms with van der Waals surface area (Å²) in [5.74, 6) is 0.776. The van der Waals surface area contributed by atoms with Crippen LogP contribution in [-0.4, -0.2) is 27.4 Å². The van der Waals surface area contributed by atoms with E-state index in [1.807, 2.05) is 50.4 Å². The van der Waals surface area contributed by atoms with Crippen molar-refractivity contribution < 1.29 is 9.15 Å². The van der Waals surface area contributed by atoms with E-state index in [4.69, 9.17) is 9.15 Å². The predicted octanol–water partition coefficient (Wildman–Crippen LogP) is 2.67. The molecule has 2 heterocycles. The van der Waals surface area contributed by atoms with E-state index in [1.54, 1.807) is 0 Å². The van der Waals surface area contributed by atoms with Gasteiger partial charge in [0.15, 0.2) is 5.76 Å². The first-order valence-corrected chi connectivity index (χ1v) is 6.70. The molecule has 0 aliphatic heterocycles. The molecule has 0 saturated carbocycles. The predicted molar refractivity (Wildman–Crippen MR) is 76.1 cm³/mol. The summed E-state index contributed by atoms with van der Waals surface area (Å²) in [6.07, 6.45) is 0. The summed E-state index contributed by atoms with van der Waals surface area (Å²) in [7, 11) is 1.99. The average Bonchev–Trinajstić information content (AvgIpc) is 3.10. The van der Waals surface area contributed by atoms with E-state index >= 15 is 0 Å². The first-order valence-electron chi connectivity index (χ1n) is 6.70. The molecular weight excluding hydrogens is 268 g/mol. The van der Waals surface area contributed by atoms with Crippen LogP contribution in [-0.2, 0) is 13.1 Å². The van der Waals surface area contributed by atoms with Crippen LogP contribution >= 0.6 is 0 Å². The largest absolute Gasteiger partial charge is 0.356 e. The van der Waals surface area contributed by atoms with E-state index in [0.29, 0.717) is 13.1 Å². The van der Waals surface area contributed by atoms with Gasteiger partial charge in [0.2, 0.25) is 0 Å². The summed E-state index contributed by atoms with van der Waals surface area (Å²) in [5.41, 5.74) is 3.55. The van der Waals surface area contributed by atoms with Gasteiger partial charge in [-0.15, -0.1) is 0 Å². The molecule has 6 nitrogen and oxygen atoms in total. The SMILES string of the molecule is Cc1nonc1CN(C)Cc1cc(-c2ccccc2)on1. The molecule has 3 aromatic rings. The molecule has 0 N–H and O–H groups in total. The van der Waals surface area contributed by atoms with E-state index in [0.717, 1.165) is 28.4 Å². The standard InChI is InChI=1S/C15H16N4O2/c1-11-14(18-21-16-11)10-19(2)9-13-8-15(20-17-13)12-6-4-3-5-7-12/h3-8H,9-10H2,1-2H3. The smallest absolute Gasteiger partial charge is 0.167 e. The van der Waals surface area contributed by atoms with Crippen LogP contribution in [0.1, 0.15) is 17.1 Å². The van der Waals surface area contributed by atoms with Gasteiger partial charge in [-0.1, -0.05) is 45.8 Å². The number of nitrogens with zero attached hydrogens (tertiary/aromatic N) is 4. The lowest BCUT2D eigenvalue weighted by Crippen LogP contribution is -2.18. The maximum atomic E-state index is 5.39. The second kappa shape index (κ2) is 5.88. The minimum absolute atomic E-state index is 0.656. The fourth-order valence-electron chi connectivity index (χ4n) is 2.11. The zero-order chi connectivity index (χ0) is 14.7. The lowest BCUT2D eigenvalue weighted by Gasteiger charge is -2.12. The van der Waals surface area contributed by atoms with Crippen LogP contribution in [0.4, 0.5) is 0 Å². The number of benzene rings is 1. The number of aryl methyl sites for hydroxylation is 1. The van der Waals surface area contributed by atoms with Crippen molar-refractivity contribution in [2.24, 2.45) is 0 Å². The van der Waals surface area contributed by atoms with Crippen LogP contribution < -0.4 is 0 Å². The van der Waals surface area contributed by atoms with Crippen molar-refractivity contribution in [3.05, 3.63) is 53.5 Å². The zero-order valence-electron chi connectivity index (χ0n) is 12.0. The highest BCUT2D eigenvalue weighted by Crippen LogP contribution is 2.20. The molecule has 0 unspecified atom stereocenters. The highest BCUT2D eigenvalue weighted by atomic mass is 16.6. The maximum Gasteiger partial charge on any atom is 0.167 e. The molecule has 21 heavy (non-hydrogen) atoms. The van der Waals surface area contributed by atoms with Crippen molar-refractivity contribution >= 4 is 0 Å². The first-order chi connectivity index (χ1) is 10.2. The van der Waals surface area contributed by atoms with Gasteiger partial charge in [-0.3, -0.25) is 4.90 Å². The topological polar surface area (TPSA) is 68.2 Å². The Morgan fingerprint density at radius 2 is 1.86 bits per heavy atom. The highest BCUT2D eigenvalue weighted by Gasteiger charge is 2.12. The second-order valence-electron chi connectivity index (χ2n) is 5.02. The fourth-order valence-corrected chi connectivity index (χ4v) is 2.11. The van der Waals surface area contributed by atoms with Crippen LogP contribution in [0.2, 0.25) is 0 Å². The summed E-state index contributed by atoms with van der Waals surface area (Å²) in [4.78, 5) is 2.08. The molecule has 0 fully saturated rings. The minimum atomic E-state index is 0.656. The van der Waals surface area contributed by atoms with Gasteiger partial charge in [-0.25, -0.2) is 4.63 Å². The average molecular weight is 284 g/mol. The molecule has 0 bridgehead atoms. The Morgan fingerprint density at radius 3 is 2.57 bits per heavy atom. The molecule has 6 heteroatoms. The van der Waals surface area contributed by atoms with Crippen molar-refractivity contribution in [2.75, 3.05) is 7.05 Å². The molecule has 0 atom stereocenters. The van der Waals surface area contributed by atoms with E-state index in [1.165, 1.54) is 0 Å². The Morgan fingerprint density at radius 1 is 1.05 bits per heavy atom. The normalized spacial score (nSPS) is 11.2. The van der Waals surface area contributed by atoms with Crippen LogP contribution in [0.5, 0.6) is 0 Å². The monoisotopic (exact) mass is 284 g/mol. The maximum absolute atomic E-state index is 5.39. The third-order valence-electron chi connectivity index (χ3n) is 3.22. The summed E-state index contributed by atoms with van der Waals surface area (Å²) in [6, 6.07) is 11.9. The van der Waals surface area contributed by atoms with Crippen molar-refractivity contribution in [1.82, 2.24) is 20.4 Å². The van der Waals surface area contributed by atoms with Gasteiger partial charge in [0, 0.05) is 24.7 Å². The summed E-state index contributed by atoms with van der Waals surface area (Å²) < 4.78 is 10.1. The van der Waals surface area contributed by atoms with E-state index in [2.05, 4.69) is 20.4 Å². The number of hydrogen-bond acceptors (Lipinski definition) is 6. The number of rotatable bonds is 5. The molecule has 0 aliphatic carbocycles. The van der Waals surface area contributed by atoms with Crippen molar-refractivity contribution in [3.8, 4) is 11.3 Å². The Balaban J connectivity index is 1.66. The van der Waals surface area contributed by atoms with Gasteiger partial charge in [0.05, 0.1) is 5.69 Å². The minimum Gasteiger partial charge on any atom is -0.356 e. The molecular formula is C15H16N4O2. The van der Waals surface area contributed by atoms with E-state index in [9.17, 15) is 0 Å². The molecule has 108 valence electrons. The molecule has 0 radical (unpaired) electrons. The molecule has 1 aromatic carbocycles. The molecule has 0 spiro atoms. The van der Waals surface area contributed by atoms with Crippen LogP contribution in [0, 0.1) is 6.92 Å². The third-order valence-corrected chi connectivity index (χ3v) is 3.22. The third kappa shape index (κ3) is 3.17. The fraction of sp³-hybridized carbons (Fsp3) is 0.267. The van der Waals surface area contributed by atoms with Crippen molar-refractivity contribution in [1.29, 1.82) is 0 Å². The van der Waals surface area contributed by atoms with Crippen LogP contribution in [0.25, 0.3) is 11.3 Å². The molecule has 0 saturated heterocycles.